The molecule has 16 heavy (non-hydrogen) atoms. The molecule has 6 heteroatoms. The van der Waals surface area contributed by atoms with E-state index in [-0.39, 0.29) is 23.0 Å². The number of carbonyl (C=O) groups excluding carboxylic acids is 1. The fraction of sp³-hybridized carbons (Fsp3) is 0.200. The Morgan fingerprint density at radius 2 is 1.94 bits per heavy atom. The van der Waals surface area contributed by atoms with Gasteiger partial charge < -0.3 is 10.6 Å². The SMILES string of the molecule is CN(CC(N)=S)C(=O)c1c(Cl)cccc1Cl. The molecule has 0 atom stereocenters. The second kappa shape index (κ2) is 5.48. The van der Waals surface area contributed by atoms with Gasteiger partial charge in [0, 0.05) is 7.05 Å². The lowest BCUT2D eigenvalue weighted by atomic mass is 10.2. The molecule has 0 saturated carbocycles. The molecule has 0 bridgehead atoms. The highest BCUT2D eigenvalue weighted by atomic mass is 35.5. The maximum atomic E-state index is 12.0. The number of likely N-dealkylation sites (N-methyl/N-ethyl adjacent to an activating group) is 1. The van der Waals surface area contributed by atoms with E-state index in [4.69, 9.17) is 41.2 Å². The number of hydrogen-bond donors (Lipinski definition) is 1. The second-order valence-corrected chi connectivity index (χ2v) is 4.56. The molecule has 1 rings (SSSR count). The quantitative estimate of drug-likeness (QED) is 0.863. The van der Waals surface area contributed by atoms with Gasteiger partial charge in [-0.15, -0.1) is 0 Å². The molecular formula is C10H10Cl2N2OS. The van der Waals surface area contributed by atoms with E-state index in [0.29, 0.717) is 10.0 Å². The molecule has 0 aliphatic rings. The Morgan fingerprint density at radius 3 is 2.38 bits per heavy atom. The van der Waals surface area contributed by atoms with E-state index in [2.05, 4.69) is 0 Å². The number of amides is 1. The molecule has 86 valence electrons. The van der Waals surface area contributed by atoms with Gasteiger partial charge in [-0.3, -0.25) is 4.79 Å². The van der Waals surface area contributed by atoms with E-state index in [0.717, 1.165) is 0 Å². The van der Waals surface area contributed by atoms with E-state index in [1.807, 2.05) is 0 Å². The summed E-state index contributed by atoms with van der Waals surface area (Å²) in [5.74, 6) is -0.302. The van der Waals surface area contributed by atoms with Gasteiger partial charge in [0.25, 0.3) is 5.91 Å². The molecule has 3 nitrogen and oxygen atoms in total. The highest BCUT2D eigenvalue weighted by Crippen LogP contribution is 2.25. The highest BCUT2D eigenvalue weighted by Gasteiger charge is 2.18. The average Bonchev–Trinajstić information content (AvgIpc) is 2.16. The van der Waals surface area contributed by atoms with Gasteiger partial charge in [-0.2, -0.15) is 0 Å². The van der Waals surface area contributed by atoms with E-state index in [1.54, 1.807) is 25.2 Å². The third kappa shape index (κ3) is 3.07. The maximum absolute atomic E-state index is 12.0. The number of benzene rings is 1. The van der Waals surface area contributed by atoms with Crippen LogP contribution in [0.15, 0.2) is 18.2 Å². The normalized spacial score (nSPS) is 9.94. The molecule has 0 saturated heterocycles. The number of thiocarbonyl (C=S) groups is 1. The highest BCUT2D eigenvalue weighted by molar-refractivity contribution is 7.80. The molecule has 0 unspecified atom stereocenters. The molecule has 0 aromatic heterocycles. The summed E-state index contributed by atoms with van der Waals surface area (Å²) in [6, 6.07) is 4.89. The zero-order chi connectivity index (χ0) is 12.3. The zero-order valence-electron chi connectivity index (χ0n) is 8.54. The standard InChI is InChI=1S/C10H10Cl2N2OS/c1-14(5-8(13)16)10(15)9-6(11)3-2-4-7(9)12/h2-4H,5H2,1H3,(H2,13,16). The van der Waals surface area contributed by atoms with Crippen LogP contribution in [0.4, 0.5) is 0 Å². The summed E-state index contributed by atoms with van der Waals surface area (Å²) < 4.78 is 0. The molecule has 1 aromatic rings. The Bertz CT molecular complexity index is 417. The van der Waals surface area contributed by atoms with Crippen molar-refractivity contribution in [2.24, 2.45) is 5.73 Å². The van der Waals surface area contributed by atoms with E-state index >= 15 is 0 Å². The lowest BCUT2D eigenvalue weighted by molar-refractivity contribution is 0.0815. The van der Waals surface area contributed by atoms with Gasteiger partial charge in [0.2, 0.25) is 0 Å². The van der Waals surface area contributed by atoms with Crippen molar-refractivity contribution in [2.75, 3.05) is 13.6 Å². The summed E-state index contributed by atoms with van der Waals surface area (Å²) >= 11 is 16.5. The molecule has 1 amide bonds. The van der Waals surface area contributed by atoms with Crippen molar-refractivity contribution in [2.45, 2.75) is 0 Å². The molecular weight excluding hydrogens is 267 g/mol. The van der Waals surface area contributed by atoms with Crippen LogP contribution in [0, 0.1) is 0 Å². The Kier molecular flexibility index (Phi) is 4.53. The Balaban J connectivity index is 3.00. The van der Waals surface area contributed by atoms with E-state index in [1.165, 1.54) is 4.90 Å². The van der Waals surface area contributed by atoms with Crippen LogP contribution in [0.5, 0.6) is 0 Å². The van der Waals surface area contributed by atoms with Crippen LogP contribution < -0.4 is 5.73 Å². The Morgan fingerprint density at radius 1 is 1.44 bits per heavy atom. The first-order valence-electron chi connectivity index (χ1n) is 4.41. The van der Waals surface area contributed by atoms with Gasteiger partial charge in [-0.25, -0.2) is 0 Å². The van der Waals surface area contributed by atoms with Crippen molar-refractivity contribution in [3.63, 3.8) is 0 Å². The predicted octanol–water partition coefficient (Wildman–Crippen LogP) is 2.35. The van der Waals surface area contributed by atoms with Crippen LogP contribution in [0.1, 0.15) is 10.4 Å². The van der Waals surface area contributed by atoms with E-state index in [9.17, 15) is 4.79 Å². The zero-order valence-corrected chi connectivity index (χ0v) is 10.9. The van der Waals surface area contributed by atoms with Gasteiger partial charge >= 0.3 is 0 Å². The van der Waals surface area contributed by atoms with Crippen molar-refractivity contribution in [1.29, 1.82) is 0 Å². The summed E-state index contributed by atoms with van der Waals surface area (Å²) in [4.78, 5) is 13.6. The summed E-state index contributed by atoms with van der Waals surface area (Å²) in [6.07, 6.45) is 0. The second-order valence-electron chi connectivity index (χ2n) is 3.22. The summed E-state index contributed by atoms with van der Waals surface area (Å²) in [5, 5.41) is 0.625. The van der Waals surface area contributed by atoms with Crippen molar-refractivity contribution in [3.05, 3.63) is 33.8 Å². The summed E-state index contributed by atoms with van der Waals surface area (Å²) in [5.41, 5.74) is 5.63. The predicted molar refractivity (Wildman–Crippen MR) is 70.2 cm³/mol. The van der Waals surface area contributed by atoms with Crippen LogP contribution in [0.25, 0.3) is 0 Å². The first-order valence-corrected chi connectivity index (χ1v) is 5.57. The molecule has 0 aliphatic heterocycles. The lowest BCUT2D eigenvalue weighted by Crippen LogP contribution is -2.34. The monoisotopic (exact) mass is 276 g/mol. The smallest absolute Gasteiger partial charge is 0.257 e. The van der Waals surface area contributed by atoms with Gasteiger partial charge in [-0.1, -0.05) is 41.5 Å². The number of halogens is 2. The number of nitrogens with zero attached hydrogens (tertiary/aromatic N) is 1. The largest absolute Gasteiger partial charge is 0.392 e. The minimum atomic E-state index is -0.302. The molecule has 1 aromatic carbocycles. The number of carbonyl (C=O) groups is 1. The molecule has 0 heterocycles. The number of nitrogens with two attached hydrogens (primary N) is 1. The average molecular weight is 277 g/mol. The third-order valence-corrected chi connectivity index (χ3v) is 2.68. The van der Waals surface area contributed by atoms with Crippen LogP contribution in [0.3, 0.4) is 0 Å². The minimum absolute atomic E-state index is 0.190. The van der Waals surface area contributed by atoms with Crippen LogP contribution in [-0.4, -0.2) is 29.4 Å². The van der Waals surface area contributed by atoms with Gasteiger partial charge in [0.15, 0.2) is 0 Å². The minimum Gasteiger partial charge on any atom is -0.392 e. The molecule has 0 radical (unpaired) electrons. The van der Waals surface area contributed by atoms with Gasteiger partial charge in [-0.05, 0) is 12.1 Å². The lowest BCUT2D eigenvalue weighted by Gasteiger charge is -2.17. The Labute approximate surface area is 109 Å². The fourth-order valence-corrected chi connectivity index (χ4v) is 1.95. The van der Waals surface area contributed by atoms with Crippen molar-refractivity contribution in [1.82, 2.24) is 4.90 Å². The fourth-order valence-electron chi connectivity index (χ4n) is 1.20. The van der Waals surface area contributed by atoms with Gasteiger partial charge in [0.05, 0.1) is 27.1 Å². The first kappa shape index (κ1) is 13.2. The first-order chi connectivity index (χ1) is 7.43. The molecule has 2 N–H and O–H groups in total. The topological polar surface area (TPSA) is 46.3 Å². The van der Waals surface area contributed by atoms with Crippen LogP contribution >= 0.6 is 35.4 Å². The van der Waals surface area contributed by atoms with Crippen molar-refractivity contribution >= 4 is 46.3 Å². The molecule has 0 aliphatic carbocycles. The molecule has 0 spiro atoms. The maximum Gasteiger partial charge on any atom is 0.257 e. The van der Waals surface area contributed by atoms with E-state index < -0.39 is 0 Å². The Hall–Kier alpha value is -0.840. The van der Waals surface area contributed by atoms with Crippen LogP contribution in [-0.2, 0) is 0 Å². The van der Waals surface area contributed by atoms with Gasteiger partial charge in [0.1, 0.15) is 0 Å². The van der Waals surface area contributed by atoms with Crippen molar-refractivity contribution in [3.8, 4) is 0 Å². The number of rotatable bonds is 3. The summed E-state index contributed by atoms with van der Waals surface area (Å²) in [7, 11) is 1.58. The third-order valence-electron chi connectivity index (χ3n) is 1.92. The number of hydrogen-bond acceptors (Lipinski definition) is 2. The molecule has 0 fully saturated rings. The summed E-state index contributed by atoms with van der Waals surface area (Å²) in [6.45, 7) is 0.190. The van der Waals surface area contributed by atoms with Crippen molar-refractivity contribution < 1.29 is 4.79 Å². The van der Waals surface area contributed by atoms with Crippen LogP contribution in [0.2, 0.25) is 10.0 Å².